The summed E-state index contributed by atoms with van der Waals surface area (Å²) in [6.45, 7) is 10.5. The zero-order chi connectivity index (χ0) is 14.4. The molecule has 0 aliphatic heterocycles. The lowest BCUT2D eigenvalue weighted by Crippen LogP contribution is -1.86. The summed E-state index contributed by atoms with van der Waals surface area (Å²) in [5, 5.41) is 0. The summed E-state index contributed by atoms with van der Waals surface area (Å²) in [5.41, 5.74) is 6.58. The highest BCUT2D eigenvalue weighted by atomic mass is 16.5. The quantitative estimate of drug-likeness (QED) is 0.703. The fraction of sp³-hybridized carbons (Fsp3) is 0.333. The van der Waals surface area contributed by atoms with Gasteiger partial charge in [0, 0.05) is 0 Å². The van der Waals surface area contributed by atoms with Gasteiger partial charge in [-0.15, -0.1) is 0 Å². The first-order valence-corrected chi connectivity index (χ1v) is 6.59. The Balaban J connectivity index is 0.000000191. The Kier molecular flexibility index (Phi) is 5.62. The Morgan fingerprint density at radius 2 is 1.16 bits per heavy atom. The zero-order valence-corrected chi connectivity index (χ0v) is 12.9. The van der Waals surface area contributed by atoms with E-state index in [4.69, 9.17) is 4.74 Å². The second kappa shape index (κ2) is 6.98. The maximum atomic E-state index is 5.10. The number of benzene rings is 2. The second-order valence-electron chi connectivity index (χ2n) is 5.06. The molecule has 2 rings (SSSR count). The first-order valence-electron chi connectivity index (χ1n) is 6.59. The SMILES string of the molecule is COc1ccc(C)cc1C.Cc1ccc(C)c(C)c1. The van der Waals surface area contributed by atoms with Crippen molar-refractivity contribution in [3.05, 3.63) is 64.2 Å². The Bertz CT molecular complexity index is 541. The molecule has 0 aliphatic carbocycles. The molecule has 0 bridgehead atoms. The van der Waals surface area contributed by atoms with Crippen LogP contribution in [0.25, 0.3) is 0 Å². The third-order valence-corrected chi connectivity index (χ3v) is 3.21. The zero-order valence-electron chi connectivity index (χ0n) is 12.9. The largest absolute Gasteiger partial charge is 0.496 e. The Morgan fingerprint density at radius 3 is 1.58 bits per heavy atom. The van der Waals surface area contributed by atoms with Gasteiger partial charge in [0.15, 0.2) is 0 Å². The molecule has 1 nitrogen and oxygen atoms in total. The van der Waals surface area contributed by atoms with Crippen molar-refractivity contribution in [2.24, 2.45) is 0 Å². The fourth-order valence-electron chi connectivity index (χ4n) is 1.92. The van der Waals surface area contributed by atoms with Gasteiger partial charge in [0.2, 0.25) is 0 Å². The minimum absolute atomic E-state index is 0.964. The van der Waals surface area contributed by atoms with Gasteiger partial charge in [-0.1, -0.05) is 41.5 Å². The molecule has 0 amide bonds. The number of hydrogen-bond acceptors (Lipinski definition) is 1. The van der Waals surface area contributed by atoms with Crippen LogP contribution in [-0.4, -0.2) is 7.11 Å². The highest BCUT2D eigenvalue weighted by molar-refractivity contribution is 5.35. The summed E-state index contributed by atoms with van der Waals surface area (Å²) in [4.78, 5) is 0. The number of hydrogen-bond donors (Lipinski definition) is 0. The van der Waals surface area contributed by atoms with Crippen LogP contribution in [0.15, 0.2) is 36.4 Å². The number of ether oxygens (including phenoxy) is 1. The third kappa shape index (κ3) is 4.78. The molecule has 0 saturated carbocycles. The summed E-state index contributed by atoms with van der Waals surface area (Å²) in [7, 11) is 1.69. The van der Waals surface area contributed by atoms with Crippen LogP contribution < -0.4 is 4.74 Å². The highest BCUT2D eigenvalue weighted by Crippen LogP contribution is 2.17. The Labute approximate surface area is 117 Å². The van der Waals surface area contributed by atoms with Crippen molar-refractivity contribution in [1.29, 1.82) is 0 Å². The van der Waals surface area contributed by atoms with E-state index in [0.717, 1.165) is 5.75 Å². The van der Waals surface area contributed by atoms with Gasteiger partial charge in [0.05, 0.1) is 7.11 Å². The van der Waals surface area contributed by atoms with Gasteiger partial charge in [0.25, 0.3) is 0 Å². The summed E-state index contributed by atoms with van der Waals surface area (Å²) < 4.78 is 5.10. The third-order valence-electron chi connectivity index (χ3n) is 3.21. The van der Waals surface area contributed by atoms with Crippen LogP contribution in [0.3, 0.4) is 0 Å². The van der Waals surface area contributed by atoms with Crippen molar-refractivity contribution in [2.75, 3.05) is 7.11 Å². The predicted molar refractivity (Wildman–Crippen MR) is 83.1 cm³/mol. The van der Waals surface area contributed by atoms with Crippen molar-refractivity contribution in [3.63, 3.8) is 0 Å². The average Bonchev–Trinajstić information content (AvgIpc) is 2.35. The Hall–Kier alpha value is -1.76. The number of methoxy groups -OCH3 is 1. The van der Waals surface area contributed by atoms with E-state index >= 15 is 0 Å². The van der Waals surface area contributed by atoms with Gasteiger partial charge in [-0.3, -0.25) is 0 Å². The van der Waals surface area contributed by atoms with Gasteiger partial charge in [-0.25, -0.2) is 0 Å². The molecule has 0 saturated heterocycles. The van der Waals surface area contributed by atoms with Crippen molar-refractivity contribution < 1.29 is 4.74 Å². The molecule has 0 heterocycles. The maximum absolute atomic E-state index is 5.10. The lowest BCUT2D eigenvalue weighted by molar-refractivity contribution is 0.411. The number of rotatable bonds is 1. The van der Waals surface area contributed by atoms with E-state index in [1.807, 2.05) is 19.1 Å². The van der Waals surface area contributed by atoms with Crippen molar-refractivity contribution in [3.8, 4) is 5.75 Å². The van der Waals surface area contributed by atoms with Gasteiger partial charge < -0.3 is 4.74 Å². The molecule has 0 N–H and O–H groups in total. The molecule has 0 atom stereocenters. The van der Waals surface area contributed by atoms with E-state index < -0.39 is 0 Å². The first-order chi connectivity index (χ1) is 8.93. The summed E-state index contributed by atoms with van der Waals surface area (Å²) >= 11 is 0. The van der Waals surface area contributed by atoms with E-state index in [0.29, 0.717) is 0 Å². The first kappa shape index (κ1) is 15.3. The predicted octanol–water partition coefficient (Wildman–Crippen LogP) is 4.92. The van der Waals surface area contributed by atoms with Crippen LogP contribution in [0.4, 0.5) is 0 Å². The highest BCUT2D eigenvalue weighted by Gasteiger charge is 1.94. The molecule has 0 aliphatic rings. The van der Waals surface area contributed by atoms with Crippen LogP contribution in [0.5, 0.6) is 5.75 Å². The van der Waals surface area contributed by atoms with Gasteiger partial charge in [-0.2, -0.15) is 0 Å². The van der Waals surface area contributed by atoms with Crippen LogP contribution in [0.2, 0.25) is 0 Å². The smallest absolute Gasteiger partial charge is 0.121 e. The molecule has 2 aromatic carbocycles. The molecule has 0 radical (unpaired) electrons. The topological polar surface area (TPSA) is 9.23 Å². The summed E-state index contributed by atoms with van der Waals surface area (Å²) in [6.07, 6.45) is 0. The van der Waals surface area contributed by atoms with Crippen LogP contribution in [0.1, 0.15) is 27.8 Å². The monoisotopic (exact) mass is 256 g/mol. The van der Waals surface area contributed by atoms with E-state index in [1.165, 1.54) is 27.8 Å². The maximum Gasteiger partial charge on any atom is 0.121 e. The molecule has 0 fully saturated rings. The molecule has 0 aromatic heterocycles. The summed E-state index contributed by atoms with van der Waals surface area (Å²) in [6, 6.07) is 12.7. The van der Waals surface area contributed by atoms with Gasteiger partial charge >= 0.3 is 0 Å². The lowest BCUT2D eigenvalue weighted by Gasteiger charge is -2.03. The minimum atomic E-state index is 0.964. The lowest BCUT2D eigenvalue weighted by atomic mass is 10.1. The van der Waals surface area contributed by atoms with Crippen LogP contribution >= 0.6 is 0 Å². The van der Waals surface area contributed by atoms with Crippen molar-refractivity contribution >= 4 is 0 Å². The summed E-state index contributed by atoms with van der Waals surface area (Å²) in [5.74, 6) is 0.964. The normalized spacial score (nSPS) is 9.58. The average molecular weight is 256 g/mol. The number of aryl methyl sites for hydroxylation is 5. The molecule has 0 unspecified atom stereocenters. The van der Waals surface area contributed by atoms with Crippen LogP contribution in [0, 0.1) is 34.6 Å². The van der Waals surface area contributed by atoms with E-state index in [-0.39, 0.29) is 0 Å². The standard InChI is InChI=1S/C9H12O.C9H12/c1-7-4-5-9(10-3)8(2)6-7;1-7-4-5-8(2)9(3)6-7/h4-6H,1-3H3;4-6H,1-3H3. The molecule has 1 heteroatoms. The van der Waals surface area contributed by atoms with Crippen molar-refractivity contribution in [1.82, 2.24) is 0 Å². The minimum Gasteiger partial charge on any atom is -0.496 e. The van der Waals surface area contributed by atoms with E-state index in [2.05, 4.69) is 52.0 Å². The van der Waals surface area contributed by atoms with Gasteiger partial charge in [0.1, 0.15) is 5.75 Å². The second-order valence-corrected chi connectivity index (χ2v) is 5.06. The van der Waals surface area contributed by atoms with E-state index in [1.54, 1.807) is 7.11 Å². The molecular weight excluding hydrogens is 232 g/mol. The molecule has 2 aromatic rings. The van der Waals surface area contributed by atoms with E-state index in [9.17, 15) is 0 Å². The Morgan fingerprint density at radius 1 is 0.632 bits per heavy atom. The molecule has 0 spiro atoms. The fourth-order valence-corrected chi connectivity index (χ4v) is 1.92. The molecule has 102 valence electrons. The van der Waals surface area contributed by atoms with Gasteiger partial charge in [-0.05, 0) is 57.4 Å². The van der Waals surface area contributed by atoms with Crippen molar-refractivity contribution in [2.45, 2.75) is 34.6 Å². The molecular formula is C18H24O. The van der Waals surface area contributed by atoms with Crippen LogP contribution in [-0.2, 0) is 0 Å². The molecule has 19 heavy (non-hydrogen) atoms.